The smallest absolute Gasteiger partial charge is 0.113 e. The van der Waals surface area contributed by atoms with Crippen LogP contribution in [-0.2, 0) is 6.42 Å². The molecule has 1 aromatic heterocycles. The van der Waals surface area contributed by atoms with E-state index in [-0.39, 0.29) is 0 Å². The highest BCUT2D eigenvalue weighted by molar-refractivity contribution is 5.73. The second-order valence-corrected chi connectivity index (χ2v) is 2.50. The van der Waals surface area contributed by atoms with E-state index < -0.39 is 0 Å². The molecular formula is C10H15N3. The molecule has 0 aliphatic rings. The fourth-order valence-corrected chi connectivity index (χ4v) is 1.11. The molecule has 3 heteroatoms. The Balaban J connectivity index is 0.000000396. The Kier molecular flexibility index (Phi) is 3.43. The van der Waals surface area contributed by atoms with Crippen LogP contribution in [0.25, 0.3) is 11.0 Å². The van der Waals surface area contributed by atoms with Crippen molar-refractivity contribution >= 4 is 11.0 Å². The highest BCUT2D eigenvalue weighted by Crippen LogP contribution is 2.10. The standard InChI is InChI=1S/C8H9N3.C2H6/c1-2-6-3-4-7-8(5-6)10-11-9-7;1-2/h3-5H,2H2,1H3,(H,9,10,11);1-2H3. The molecule has 3 nitrogen and oxygen atoms in total. The summed E-state index contributed by atoms with van der Waals surface area (Å²) in [5.74, 6) is 0. The van der Waals surface area contributed by atoms with Crippen LogP contribution in [0.4, 0.5) is 0 Å². The van der Waals surface area contributed by atoms with Crippen molar-refractivity contribution in [3.8, 4) is 0 Å². The van der Waals surface area contributed by atoms with Crippen molar-refractivity contribution in [3.05, 3.63) is 23.8 Å². The maximum absolute atomic E-state index is 3.99. The number of aryl methyl sites for hydroxylation is 1. The van der Waals surface area contributed by atoms with Gasteiger partial charge in [-0.05, 0) is 24.1 Å². The van der Waals surface area contributed by atoms with Crippen LogP contribution < -0.4 is 0 Å². The van der Waals surface area contributed by atoms with Gasteiger partial charge in [0.25, 0.3) is 0 Å². The lowest BCUT2D eigenvalue weighted by molar-refractivity contribution is 0.959. The normalized spacial score (nSPS) is 9.46. The molecule has 0 bridgehead atoms. The molecule has 0 radical (unpaired) electrons. The highest BCUT2D eigenvalue weighted by atomic mass is 15.3. The van der Waals surface area contributed by atoms with Gasteiger partial charge >= 0.3 is 0 Å². The molecule has 0 aliphatic carbocycles. The van der Waals surface area contributed by atoms with Crippen LogP contribution >= 0.6 is 0 Å². The molecule has 2 rings (SSSR count). The van der Waals surface area contributed by atoms with E-state index in [1.807, 2.05) is 19.9 Å². The Morgan fingerprint density at radius 2 is 1.85 bits per heavy atom. The molecule has 0 saturated carbocycles. The SMILES string of the molecule is CC.CCc1ccc2n[nH]nc2c1. The van der Waals surface area contributed by atoms with E-state index in [0.29, 0.717) is 0 Å². The molecule has 0 amide bonds. The minimum Gasteiger partial charge on any atom is -0.197 e. The predicted molar refractivity (Wildman–Crippen MR) is 54.6 cm³/mol. The van der Waals surface area contributed by atoms with Gasteiger partial charge in [-0.3, -0.25) is 0 Å². The number of H-pyrrole nitrogens is 1. The van der Waals surface area contributed by atoms with Gasteiger partial charge in [0.15, 0.2) is 0 Å². The van der Waals surface area contributed by atoms with Crippen LogP contribution in [-0.4, -0.2) is 15.4 Å². The molecule has 0 atom stereocenters. The summed E-state index contributed by atoms with van der Waals surface area (Å²) in [6.07, 6.45) is 1.04. The van der Waals surface area contributed by atoms with Gasteiger partial charge in [0.1, 0.15) is 11.0 Å². The number of nitrogens with one attached hydrogen (secondary N) is 1. The van der Waals surface area contributed by atoms with E-state index in [2.05, 4.69) is 34.5 Å². The number of fused-ring (bicyclic) bond motifs is 1. The summed E-state index contributed by atoms with van der Waals surface area (Å²) in [5.41, 5.74) is 3.18. The van der Waals surface area contributed by atoms with Crippen LogP contribution in [0.1, 0.15) is 26.3 Å². The van der Waals surface area contributed by atoms with Crippen molar-refractivity contribution in [2.24, 2.45) is 0 Å². The zero-order valence-electron chi connectivity index (χ0n) is 8.33. The molecule has 0 spiro atoms. The molecule has 1 aromatic carbocycles. The van der Waals surface area contributed by atoms with E-state index in [4.69, 9.17) is 0 Å². The third-order valence-corrected chi connectivity index (χ3v) is 1.79. The Morgan fingerprint density at radius 1 is 1.15 bits per heavy atom. The largest absolute Gasteiger partial charge is 0.197 e. The number of hydrogen-bond donors (Lipinski definition) is 1. The molecule has 0 aliphatic heterocycles. The second-order valence-electron chi connectivity index (χ2n) is 2.50. The average Bonchev–Trinajstić information content (AvgIpc) is 2.67. The lowest BCUT2D eigenvalue weighted by Crippen LogP contribution is -1.78. The molecule has 0 saturated heterocycles. The summed E-state index contributed by atoms with van der Waals surface area (Å²) in [7, 11) is 0. The fourth-order valence-electron chi connectivity index (χ4n) is 1.11. The maximum Gasteiger partial charge on any atom is 0.113 e. The predicted octanol–water partition coefficient (Wildman–Crippen LogP) is 2.55. The lowest BCUT2D eigenvalue weighted by atomic mass is 10.1. The van der Waals surface area contributed by atoms with Crippen LogP contribution in [0.2, 0.25) is 0 Å². The van der Waals surface area contributed by atoms with Gasteiger partial charge in [-0.1, -0.05) is 26.8 Å². The quantitative estimate of drug-likeness (QED) is 0.727. The molecule has 1 heterocycles. The van der Waals surface area contributed by atoms with Crippen molar-refractivity contribution in [1.82, 2.24) is 15.4 Å². The van der Waals surface area contributed by atoms with E-state index >= 15 is 0 Å². The zero-order chi connectivity index (χ0) is 9.68. The van der Waals surface area contributed by atoms with Gasteiger partial charge in [-0.2, -0.15) is 15.4 Å². The minimum absolute atomic E-state index is 0.933. The van der Waals surface area contributed by atoms with E-state index in [1.165, 1.54) is 5.56 Å². The zero-order valence-corrected chi connectivity index (χ0v) is 8.33. The summed E-state index contributed by atoms with van der Waals surface area (Å²) in [6.45, 7) is 6.13. The third kappa shape index (κ3) is 2.05. The number of hydrogen-bond acceptors (Lipinski definition) is 2. The average molecular weight is 177 g/mol. The molecule has 70 valence electrons. The molecule has 1 N–H and O–H groups in total. The Morgan fingerprint density at radius 3 is 2.54 bits per heavy atom. The Labute approximate surface area is 78.2 Å². The third-order valence-electron chi connectivity index (χ3n) is 1.79. The van der Waals surface area contributed by atoms with Crippen LogP contribution in [0.3, 0.4) is 0 Å². The molecular weight excluding hydrogens is 162 g/mol. The number of rotatable bonds is 1. The van der Waals surface area contributed by atoms with Crippen LogP contribution in [0.15, 0.2) is 18.2 Å². The lowest BCUT2D eigenvalue weighted by Gasteiger charge is -1.92. The first-order valence-corrected chi connectivity index (χ1v) is 4.69. The first-order valence-electron chi connectivity index (χ1n) is 4.69. The van der Waals surface area contributed by atoms with Crippen molar-refractivity contribution in [2.75, 3.05) is 0 Å². The summed E-state index contributed by atoms with van der Waals surface area (Å²) in [4.78, 5) is 0. The summed E-state index contributed by atoms with van der Waals surface area (Å²) in [5, 5.41) is 10.5. The first-order chi connectivity index (χ1) is 6.40. The summed E-state index contributed by atoms with van der Waals surface area (Å²) < 4.78 is 0. The van der Waals surface area contributed by atoms with Crippen molar-refractivity contribution in [2.45, 2.75) is 27.2 Å². The monoisotopic (exact) mass is 177 g/mol. The van der Waals surface area contributed by atoms with Crippen molar-refractivity contribution < 1.29 is 0 Å². The van der Waals surface area contributed by atoms with Gasteiger partial charge in [-0.15, -0.1) is 0 Å². The van der Waals surface area contributed by atoms with E-state index in [0.717, 1.165) is 17.5 Å². The van der Waals surface area contributed by atoms with Gasteiger partial charge in [0.05, 0.1) is 0 Å². The van der Waals surface area contributed by atoms with Crippen LogP contribution in [0.5, 0.6) is 0 Å². The number of benzene rings is 1. The van der Waals surface area contributed by atoms with Crippen molar-refractivity contribution in [1.29, 1.82) is 0 Å². The van der Waals surface area contributed by atoms with Gasteiger partial charge in [0.2, 0.25) is 0 Å². The van der Waals surface area contributed by atoms with E-state index in [9.17, 15) is 0 Å². The highest BCUT2D eigenvalue weighted by Gasteiger charge is 1.96. The van der Waals surface area contributed by atoms with E-state index in [1.54, 1.807) is 0 Å². The molecule has 0 fully saturated rings. The maximum atomic E-state index is 3.99. The van der Waals surface area contributed by atoms with Gasteiger partial charge in [-0.25, -0.2) is 0 Å². The molecule has 0 unspecified atom stereocenters. The Hall–Kier alpha value is -1.38. The van der Waals surface area contributed by atoms with Gasteiger partial charge in [0, 0.05) is 0 Å². The number of nitrogens with zero attached hydrogens (tertiary/aromatic N) is 2. The van der Waals surface area contributed by atoms with Gasteiger partial charge < -0.3 is 0 Å². The van der Waals surface area contributed by atoms with Crippen molar-refractivity contribution in [3.63, 3.8) is 0 Å². The summed E-state index contributed by atoms with van der Waals surface area (Å²) >= 11 is 0. The minimum atomic E-state index is 0.933. The van der Waals surface area contributed by atoms with Crippen LogP contribution in [0, 0.1) is 0 Å². The number of aromatic nitrogens is 3. The number of aromatic amines is 1. The topological polar surface area (TPSA) is 41.6 Å². The second kappa shape index (κ2) is 4.60. The molecule has 2 aromatic rings. The first kappa shape index (κ1) is 9.71. The molecule has 13 heavy (non-hydrogen) atoms. The fraction of sp³-hybridized carbons (Fsp3) is 0.400. The Bertz CT molecular complexity index is 365. The summed E-state index contributed by atoms with van der Waals surface area (Å²) in [6, 6.07) is 6.11.